The van der Waals surface area contributed by atoms with E-state index in [0.717, 1.165) is 6.42 Å². The largest absolute Gasteiger partial charge is 0.0878 e. The lowest BCUT2D eigenvalue weighted by atomic mass is 10.5. The summed E-state index contributed by atoms with van der Waals surface area (Å²) in [7, 11) is 0. The standard InChI is InChI=1S/C4H5N/c1-2-3-4-5/h2H2,1H3. The van der Waals surface area contributed by atoms with Gasteiger partial charge in [-0.3, -0.25) is 0 Å². The normalized spacial score (nSPS) is 5.00. The summed E-state index contributed by atoms with van der Waals surface area (Å²) in [5, 5.41) is 0. The van der Waals surface area contributed by atoms with E-state index in [9.17, 15) is 0 Å². The zero-order chi connectivity index (χ0) is 4.12. The first kappa shape index (κ1) is 4.36. The Bertz CT molecular complexity index is 55.8. The van der Waals surface area contributed by atoms with Gasteiger partial charge in [0, 0.05) is 6.42 Å². The summed E-state index contributed by atoms with van der Waals surface area (Å²) >= 11 is 0. The minimum atomic E-state index is 0.733. The fraction of sp³-hybridized carbons (Fsp3) is 0.500. The Morgan fingerprint density at radius 3 is 2.40 bits per heavy atom. The molecular weight excluding hydrogens is 62.1 g/mol. The van der Waals surface area contributed by atoms with Crippen LogP contribution in [-0.2, 0) is 0 Å². The van der Waals surface area contributed by atoms with Crippen LogP contribution in [0.3, 0.4) is 0 Å². The number of hydrogen-bond donors (Lipinski definition) is 0. The molecule has 2 radical (unpaired) electrons. The molecule has 5 heavy (non-hydrogen) atoms. The highest BCUT2D eigenvalue weighted by Crippen LogP contribution is 1.60. The molecule has 0 rings (SSSR count). The minimum absolute atomic E-state index is 0.733. The molecule has 0 amide bonds. The number of nitrogens with zero attached hydrogens (tertiary/aromatic N) is 1. The molecule has 1 nitrogen and oxygen atoms in total. The van der Waals surface area contributed by atoms with Gasteiger partial charge in [-0.05, 0) is 0 Å². The summed E-state index contributed by atoms with van der Waals surface area (Å²) in [5.41, 5.74) is 7.71. The van der Waals surface area contributed by atoms with Gasteiger partial charge < -0.3 is 0 Å². The maximum Gasteiger partial charge on any atom is 0.0584 e. The van der Waals surface area contributed by atoms with Crippen molar-refractivity contribution in [2.45, 2.75) is 13.3 Å². The molecule has 1 heteroatoms. The van der Waals surface area contributed by atoms with E-state index in [4.69, 9.17) is 5.73 Å². The maximum atomic E-state index is 7.71. The smallest absolute Gasteiger partial charge is 0.0584 e. The lowest BCUT2D eigenvalue weighted by Gasteiger charge is -1.55. The molecule has 0 N–H and O–H groups in total. The second-order valence-corrected chi connectivity index (χ2v) is 0.642. The Kier molecular flexibility index (Phi) is 2.93. The zero-order valence-electron chi connectivity index (χ0n) is 3.15. The predicted molar refractivity (Wildman–Crippen MR) is 20.2 cm³/mol. The third kappa shape index (κ3) is 3.36. The van der Waals surface area contributed by atoms with Crippen LogP contribution in [0.2, 0.25) is 0 Å². The Morgan fingerprint density at radius 1 is 1.80 bits per heavy atom. The Hall–Kier alpha value is -0.640. The molecule has 0 aromatic rings. The van der Waals surface area contributed by atoms with E-state index < -0.39 is 0 Å². The van der Waals surface area contributed by atoms with Gasteiger partial charge in [0.1, 0.15) is 0 Å². The van der Waals surface area contributed by atoms with Crippen molar-refractivity contribution >= 4 is 0 Å². The molecule has 0 atom stereocenters. The maximum absolute atomic E-state index is 7.71. The topological polar surface area (TPSA) is 22.3 Å². The first-order chi connectivity index (χ1) is 2.41. The average Bonchev–Trinajstić information content (AvgIpc) is 1.41. The van der Waals surface area contributed by atoms with E-state index in [2.05, 4.69) is 5.92 Å². The molecule has 0 aliphatic rings. The predicted octanol–water partition coefficient (Wildman–Crippen LogP) is 0.426. The van der Waals surface area contributed by atoms with Gasteiger partial charge in [-0.25, -0.2) is 0 Å². The SMILES string of the molecule is CCC#C[N]. The molecule has 0 bridgehead atoms. The molecule has 0 aromatic heterocycles. The monoisotopic (exact) mass is 67.0 g/mol. The molecule has 26 valence electrons. The van der Waals surface area contributed by atoms with Crippen LogP contribution in [0.15, 0.2) is 0 Å². The van der Waals surface area contributed by atoms with Gasteiger partial charge in [-0.15, -0.1) is 0 Å². The van der Waals surface area contributed by atoms with E-state index in [1.54, 1.807) is 6.04 Å². The van der Waals surface area contributed by atoms with Crippen LogP contribution >= 0.6 is 0 Å². The van der Waals surface area contributed by atoms with Gasteiger partial charge in [-0.2, -0.15) is 0 Å². The minimum Gasteiger partial charge on any atom is -0.0878 e. The third-order valence-electron chi connectivity index (χ3n) is 0.256. The Balaban J connectivity index is 2.81. The van der Waals surface area contributed by atoms with Gasteiger partial charge >= 0.3 is 0 Å². The fourth-order valence-electron chi connectivity index (χ4n) is 0.0791. The second-order valence-electron chi connectivity index (χ2n) is 0.642. The van der Waals surface area contributed by atoms with Crippen LogP contribution in [0.1, 0.15) is 13.3 Å². The Labute approximate surface area is 32.2 Å². The van der Waals surface area contributed by atoms with Crippen LogP contribution in [0.5, 0.6) is 0 Å². The summed E-state index contributed by atoms with van der Waals surface area (Å²) in [6.07, 6.45) is 0.733. The first-order valence-corrected chi connectivity index (χ1v) is 1.53. The number of rotatable bonds is 0. The highest BCUT2D eigenvalue weighted by molar-refractivity contribution is 4.90. The fourth-order valence-corrected chi connectivity index (χ4v) is 0.0791. The van der Waals surface area contributed by atoms with E-state index >= 15 is 0 Å². The summed E-state index contributed by atoms with van der Waals surface area (Å²) in [6.45, 7) is 1.88. The van der Waals surface area contributed by atoms with Crippen LogP contribution < -0.4 is 5.73 Å². The van der Waals surface area contributed by atoms with Crippen molar-refractivity contribution < 1.29 is 0 Å². The summed E-state index contributed by atoms with van der Waals surface area (Å²) in [4.78, 5) is 0. The molecule has 0 saturated carbocycles. The molecule has 0 fully saturated rings. The van der Waals surface area contributed by atoms with Crippen molar-refractivity contribution in [1.29, 1.82) is 0 Å². The van der Waals surface area contributed by atoms with E-state index in [0.29, 0.717) is 0 Å². The van der Waals surface area contributed by atoms with Gasteiger partial charge in [0.05, 0.1) is 6.04 Å². The van der Waals surface area contributed by atoms with Crippen molar-refractivity contribution in [3.63, 3.8) is 0 Å². The second kappa shape index (κ2) is 3.36. The molecule has 0 spiro atoms. The third-order valence-corrected chi connectivity index (χ3v) is 0.256. The van der Waals surface area contributed by atoms with Crippen LogP contribution in [-0.4, -0.2) is 0 Å². The van der Waals surface area contributed by atoms with Gasteiger partial charge in [-0.1, -0.05) is 18.6 Å². The van der Waals surface area contributed by atoms with E-state index in [1.807, 2.05) is 6.92 Å². The Morgan fingerprint density at radius 2 is 2.40 bits per heavy atom. The molecular formula is C4H5N. The van der Waals surface area contributed by atoms with Gasteiger partial charge in [0.2, 0.25) is 0 Å². The first-order valence-electron chi connectivity index (χ1n) is 1.53. The molecule has 0 aromatic carbocycles. The molecule has 0 aliphatic carbocycles. The van der Waals surface area contributed by atoms with E-state index in [-0.39, 0.29) is 0 Å². The summed E-state index contributed by atoms with van der Waals surface area (Å²) in [5.74, 6) is 2.42. The van der Waals surface area contributed by atoms with Crippen LogP contribution in [0, 0.1) is 12.0 Å². The van der Waals surface area contributed by atoms with Crippen LogP contribution in [0.25, 0.3) is 0 Å². The molecule has 0 saturated heterocycles. The van der Waals surface area contributed by atoms with Crippen LogP contribution in [0.4, 0.5) is 0 Å². The highest BCUT2D eigenvalue weighted by Gasteiger charge is 1.51. The lowest BCUT2D eigenvalue weighted by Crippen LogP contribution is -1.52. The number of hydrogen-bond acceptors (Lipinski definition) is 0. The van der Waals surface area contributed by atoms with Crippen molar-refractivity contribution in [2.75, 3.05) is 0 Å². The van der Waals surface area contributed by atoms with Gasteiger partial charge in [0.15, 0.2) is 0 Å². The van der Waals surface area contributed by atoms with E-state index in [1.165, 1.54) is 0 Å². The average molecular weight is 67.1 g/mol. The summed E-state index contributed by atoms with van der Waals surface area (Å²) in [6, 6.07) is 1.77. The summed E-state index contributed by atoms with van der Waals surface area (Å²) < 4.78 is 0. The van der Waals surface area contributed by atoms with Crippen molar-refractivity contribution in [1.82, 2.24) is 5.73 Å². The van der Waals surface area contributed by atoms with Crippen molar-refractivity contribution in [2.24, 2.45) is 0 Å². The molecule has 0 aliphatic heterocycles. The van der Waals surface area contributed by atoms with Crippen molar-refractivity contribution in [3.05, 3.63) is 0 Å². The lowest BCUT2D eigenvalue weighted by molar-refractivity contribution is 1.27. The van der Waals surface area contributed by atoms with Crippen molar-refractivity contribution in [3.8, 4) is 12.0 Å². The molecule has 0 heterocycles. The molecule has 0 unspecified atom stereocenters. The highest BCUT2D eigenvalue weighted by atomic mass is 14.4. The zero-order valence-corrected chi connectivity index (χ0v) is 3.15. The van der Waals surface area contributed by atoms with Gasteiger partial charge in [0.25, 0.3) is 0 Å². The quantitative estimate of drug-likeness (QED) is 0.366.